The summed E-state index contributed by atoms with van der Waals surface area (Å²) in [4.78, 5) is 0. The standard InChI is InChI=1S/C17H36/c1-8-14(7)17(11-4)16(10-3)12-15(9-2)13(5)6/h13-17H,8-12H2,1-7H3. The van der Waals surface area contributed by atoms with Crippen LogP contribution in [0.3, 0.4) is 0 Å². The molecule has 0 aromatic carbocycles. The highest BCUT2D eigenvalue weighted by Crippen LogP contribution is 2.36. The number of hydrogen-bond donors (Lipinski definition) is 0. The maximum absolute atomic E-state index is 2.45. The minimum atomic E-state index is 0.850. The van der Waals surface area contributed by atoms with Crippen molar-refractivity contribution < 1.29 is 0 Å². The fourth-order valence-corrected chi connectivity index (χ4v) is 3.45. The van der Waals surface area contributed by atoms with Crippen LogP contribution in [0, 0.1) is 29.6 Å². The molecule has 4 atom stereocenters. The van der Waals surface area contributed by atoms with Gasteiger partial charge in [0.25, 0.3) is 0 Å². The van der Waals surface area contributed by atoms with Gasteiger partial charge in [-0.15, -0.1) is 0 Å². The van der Waals surface area contributed by atoms with Crippen LogP contribution in [0.4, 0.5) is 0 Å². The van der Waals surface area contributed by atoms with E-state index in [0.29, 0.717) is 0 Å². The molecule has 0 aromatic rings. The van der Waals surface area contributed by atoms with Gasteiger partial charge in [0.2, 0.25) is 0 Å². The second-order valence-electron chi connectivity index (χ2n) is 6.27. The van der Waals surface area contributed by atoms with Gasteiger partial charge in [-0.25, -0.2) is 0 Å². The zero-order valence-corrected chi connectivity index (χ0v) is 13.4. The molecule has 0 spiro atoms. The summed E-state index contributed by atoms with van der Waals surface area (Å²) in [5.74, 6) is 4.57. The topological polar surface area (TPSA) is 0 Å². The molecule has 0 heterocycles. The SMILES string of the molecule is CCC(C)C(CC)C(CC)CC(CC)C(C)C. The van der Waals surface area contributed by atoms with Gasteiger partial charge in [0.15, 0.2) is 0 Å². The maximum atomic E-state index is 2.45. The van der Waals surface area contributed by atoms with E-state index in [9.17, 15) is 0 Å². The maximum Gasteiger partial charge on any atom is -0.0363 e. The molecule has 0 aromatic heterocycles. The van der Waals surface area contributed by atoms with E-state index in [0.717, 1.165) is 29.6 Å². The highest BCUT2D eigenvalue weighted by Gasteiger charge is 2.26. The third kappa shape index (κ3) is 5.44. The summed E-state index contributed by atoms with van der Waals surface area (Å²) >= 11 is 0. The molecule has 0 saturated heterocycles. The normalized spacial score (nSPS) is 19.1. The Balaban J connectivity index is 4.56. The van der Waals surface area contributed by atoms with E-state index in [1.54, 1.807) is 0 Å². The predicted molar refractivity (Wildman–Crippen MR) is 80.3 cm³/mol. The minimum Gasteiger partial charge on any atom is -0.0651 e. The Morgan fingerprint density at radius 2 is 1.18 bits per heavy atom. The lowest BCUT2D eigenvalue weighted by Crippen LogP contribution is -2.24. The summed E-state index contributed by atoms with van der Waals surface area (Å²) in [5, 5.41) is 0. The molecule has 0 aliphatic rings. The molecule has 0 bridgehead atoms. The lowest BCUT2D eigenvalue weighted by atomic mass is 9.72. The lowest BCUT2D eigenvalue weighted by Gasteiger charge is -2.33. The van der Waals surface area contributed by atoms with E-state index in [1.807, 2.05) is 0 Å². The van der Waals surface area contributed by atoms with Crippen molar-refractivity contribution in [2.45, 2.75) is 80.6 Å². The van der Waals surface area contributed by atoms with Gasteiger partial charge in [-0.3, -0.25) is 0 Å². The Labute approximate surface area is 111 Å². The molecule has 0 amide bonds. The summed E-state index contributed by atoms with van der Waals surface area (Å²) in [6.07, 6.45) is 6.88. The van der Waals surface area contributed by atoms with Crippen molar-refractivity contribution in [3.05, 3.63) is 0 Å². The van der Waals surface area contributed by atoms with Crippen molar-refractivity contribution in [2.75, 3.05) is 0 Å². The molecular weight excluding hydrogens is 204 g/mol. The third-order valence-corrected chi connectivity index (χ3v) is 5.05. The van der Waals surface area contributed by atoms with Gasteiger partial charge >= 0.3 is 0 Å². The van der Waals surface area contributed by atoms with Crippen molar-refractivity contribution >= 4 is 0 Å². The van der Waals surface area contributed by atoms with Gasteiger partial charge in [-0.2, -0.15) is 0 Å². The van der Waals surface area contributed by atoms with Crippen molar-refractivity contribution in [1.82, 2.24) is 0 Å². The molecule has 0 aliphatic carbocycles. The van der Waals surface area contributed by atoms with Crippen LogP contribution in [0.1, 0.15) is 80.6 Å². The first-order valence-corrected chi connectivity index (χ1v) is 8.01. The van der Waals surface area contributed by atoms with Gasteiger partial charge < -0.3 is 0 Å². The van der Waals surface area contributed by atoms with Gasteiger partial charge in [-0.1, -0.05) is 74.1 Å². The van der Waals surface area contributed by atoms with E-state index in [-0.39, 0.29) is 0 Å². The largest absolute Gasteiger partial charge is 0.0651 e. The Morgan fingerprint density at radius 1 is 0.647 bits per heavy atom. The van der Waals surface area contributed by atoms with Crippen LogP contribution in [-0.2, 0) is 0 Å². The van der Waals surface area contributed by atoms with E-state index < -0.39 is 0 Å². The first-order chi connectivity index (χ1) is 8.01. The van der Waals surface area contributed by atoms with Crippen molar-refractivity contribution in [2.24, 2.45) is 29.6 Å². The van der Waals surface area contributed by atoms with E-state index in [4.69, 9.17) is 0 Å². The summed E-state index contributed by atoms with van der Waals surface area (Å²) in [7, 11) is 0. The Morgan fingerprint density at radius 3 is 1.47 bits per heavy atom. The van der Waals surface area contributed by atoms with Crippen LogP contribution in [0.15, 0.2) is 0 Å². The Bertz CT molecular complexity index is 171. The van der Waals surface area contributed by atoms with E-state index in [1.165, 1.54) is 32.1 Å². The van der Waals surface area contributed by atoms with Crippen LogP contribution >= 0.6 is 0 Å². The molecule has 4 unspecified atom stereocenters. The average Bonchev–Trinajstić information content (AvgIpc) is 2.33. The zero-order valence-electron chi connectivity index (χ0n) is 13.4. The van der Waals surface area contributed by atoms with E-state index in [2.05, 4.69) is 48.5 Å². The third-order valence-electron chi connectivity index (χ3n) is 5.05. The molecule has 0 radical (unpaired) electrons. The summed E-state index contributed by atoms with van der Waals surface area (Å²) in [6, 6.07) is 0. The molecule has 104 valence electrons. The second kappa shape index (κ2) is 9.00. The molecular formula is C17H36. The molecule has 17 heavy (non-hydrogen) atoms. The number of rotatable bonds is 9. The zero-order chi connectivity index (χ0) is 13.4. The van der Waals surface area contributed by atoms with Gasteiger partial charge in [0.05, 0.1) is 0 Å². The quantitative estimate of drug-likeness (QED) is 0.453. The monoisotopic (exact) mass is 240 g/mol. The van der Waals surface area contributed by atoms with Gasteiger partial charge in [-0.05, 0) is 36.0 Å². The van der Waals surface area contributed by atoms with Gasteiger partial charge in [0, 0.05) is 0 Å². The van der Waals surface area contributed by atoms with Crippen LogP contribution in [0.5, 0.6) is 0 Å². The number of hydrogen-bond acceptors (Lipinski definition) is 0. The highest BCUT2D eigenvalue weighted by molar-refractivity contribution is 4.76. The molecule has 0 aliphatic heterocycles. The second-order valence-corrected chi connectivity index (χ2v) is 6.27. The van der Waals surface area contributed by atoms with Crippen LogP contribution < -0.4 is 0 Å². The van der Waals surface area contributed by atoms with Gasteiger partial charge in [0.1, 0.15) is 0 Å². The first-order valence-electron chi connectivity index (χ1n) is 8.01. The molecule has 0 saturated carbocycles. The summed E-state index contributed by atoms with van der Waals surface area (Å²) < 4.78 is 0. The molecule has 0 rings (SSSR count). The van der Waals surface area contributed by atoms with Crippen LogP contribution in [0.25, 0.3) is 0 Å². The lowest BCUT2D eigenvalue weighted by molar-refractivity contribution is 0.167. The average molecular weight is 240 g/mol. The van der Waals surface area contributed by atoms with Crippen molar-refractivity contribution in [3.63, 3.8) is 0 Å². The molecule has 0 heteroatoms. The predicted octanol–water partition coefficient (Wildman–Crippen LogP) is 6.16. The molecule has 0 N–H and O–H groups in total. The Hall–Kier alpha value is 0. The first kappa shape index (κ1) is 17.0. The van der Waals surface area contributed by atoms with Crippen LogP contribution in [-0.4, -0.2) is 0 Å². The van der Waals surface area contributed by atoms with Crippen molar-refractivity contribution in [1.29, 1.82) is 0 Å². The molecule has 0 nitrogen and oxygen atoms in total. The fourth-order valence-electron chi connectivity index (χ4n) is 3.45. The summed E-state index contributed by atoms with van der Waals surface area (Å²) in [6.45, 7) is 16.7. The molecule has 0 fully saturated rings. The van der Waals surface area contributed by atoms with Crippen LogP contribution in [0.2, 0.25) is 0 Å². The highest BCUT2D eigenvalue weighted by atomic mass is 14.3. The minimum absolute atomic E-state index is 0.850. The smallest absolute Gasteiger partial charge is 0.0363 e. The Kier molecular flexibility index (Phi) is 9.00. The van der Waals surface area contributed by atoms with Crippen molar-refractivity contribution in [3.8, 4) is 0 Å². The fraction of sp³-hybridized carbons (Fsp3) is 1.00. The summed E-state index contributed by atoms with van der Waals surface area (Å²) in [5.41, 5.74) is 0. The van der Waals surface area contributed by atoms with E-state index >= 15 is 0 Å².